The second-order valence-electron chi connectivity index (χ2n) is 4.00. The largest absolute Gasteiger partial charge is 0.294 e. The molecule has 1 aromatic carbocycles. The molecule has 0 spiro atoms. The summed E-state index contributed by atoms with van der Waals surface area (Å²) in [6, 6.07) is 8.03. The summed E-state index contributed by atoms with van der Waals surface area (Å²) >= 11 is 3.27. The van der Waals surface area contributed by atoms with Crippen LogP contribution in [0.25, 0.3) is 0 Å². The molecule has 3 nitrogen and oxygen atoms in total. The first-order valence-electron chi connectivity index (χ1n) is 5.35. The van der Waals surface area contributed by atoms with Crippen LogP contribution in [0.15, 0.2) is 39.9 Å². The minimum Gasteiger partial charge on any atom is -0.294 e. The van der Waals surface area contributed by atoms with E-state index < -0.39 is 0 Å². The lowest BCUT2D eigenvalue weighted by Crippen LogP contribution is -2.22. The van der Waals surface area contributed by atoms with Gasteiger partial charge in [0.2, 0.25) is 0 Å². The molecule has 2 aromatic rings. The molecule has 88 valence electrons. The standard InChI is InChI=1S/C13H13BrN2O/c1-9-5-3-4-6-11(9)7-16-8-15-10(2)12(14)13(16)17/h3-6,8H,7H2,1-2H3. The van der Waals surface area contributed by atoms with Crippen LogP contribution in [0, 0.1) is 13.8 Å². The number of rotatable bonds is 2. The van der Waals surface area contributed by atoms with Gasteiger partial charge in [-0.2, -0.15) is 0 Å². The van der Waals surface area contributed by atoms with Crippen LogP contribution in [0.5, 0.6) is 0 Å². The normalized spacial score (nSPS) is 10.5. The SMILES string of the molecule is Cc1ccccc1Cn1cnc(C)c(Br)c1=O. The summed E-state index contributed by atoms with van der Waals surface area (Å²) in [4.78, 5) is 16.2. The molecule has 0 unspecified atom stereocenters. The predicted octanol–water partition coefficient (Wildman–Crippen LogP) is 2.67. The molecule has 4 heteroatoms. The molecule has 0 amide bonds. The summed E-state index contributed by atoms with van der Waals surface area (Å²) in [5, 5.41) is 0. The number of aryl methyl sites for hydroxylation is 2. The van der Waals surface area contributed by atoms with Crippen LogP contribution in [0.2, 0.25) is 0 Å². The Bertz CT molecular complexity index is 605. The smallest absolute Gasteiger partial charge is 0.268 e. The van der Waals surface area contributed by atoms with Crippen molar-refractivity contribution in [2.24, 2.45) is 0 Å². The predicted molar refractivity (Wildman–Crippen MR) is 71.2 cm³/mol. The Morgan fingerprint density at radius 2 is 2.00 bits per heavy atom. The van der Waals surface area contributed by atoms with Gasteiger partial charge >= 0.3 is 0 Å². The first-order valence-corrected chi connectivity index (χ1v) is 6.15. The second-order valence-corrected chi connectivity index (χ2v) is 4.80. The van der Waals surface area contributed by atoms with E-state index in [0.717, 1.165) is 11.3 Å². The Labute approximate surface area is 108 Å². The molecule has 0 saturated carbocycles. The van der Waals surface area contributed by atoms with E-state index in [9.17, 15) is 4.79 Å². The zero-order valence-corrected chi connectivity index (χ0v) is 11.4. The highest BCUT2D eigenvalue weighted by Gasteiger charge is 2.06. The topological polar surface area (TPSA) is 34.9 Å². The number of hydrogen-bond donors (Lipinski definition) is 0. The minimum atomic E-state index is -0.0410. The van der Waals surface area contributed by atoms with Crippen LogP contribution >= 0.6 is 15.9 Å². The van der Waals surface area contributed by atoms with Crippen LogP contribution in [0.1, 0.15) is 16.8 Å². The Hall–Kier alpha value is -1.42. The maximum absolute atomic E-state index is 12.0. The van der Waals surface area contributed by atoms with E-state index in [1.165, 1.54) is 5.56 Å². The van der Waals surface area contributed by atoms with Gasteiger partial charge in [0.1, 0.15) is 4.47 Å². The second kappa shape index (κ2) is 4.84. The Kier molecular flexibility index (Phi) is 3.43. The molecule has 0 N–H and O–H groups in total. The van der Waals surface area contributed by atoms with Gasteiger partial charge < -0.3 is 0 Å². The molecule has 0 aliphatic rings. The van der Waals surface area contributed by atoms with Crippen molar-refractivity contribution in [3.63, 3.8) is 0 Å². The fourth-order valence-corrected chi connectivity index (χ4v) is 1.96. The fraction of sp³-hybridized carbons (Fsp3) is 0.231. The maximum Gasteiger partial charge on any atom is 0.268 e. The van der Waals surface area contributed by atoms with Gasteiger partial charge in [0.05, 0.1) is 18.6 Å². The zero-order valence-electron chi connectivity index (χ0n) is 9.77. The molecule has 1 heterocycles. The number of hydrogen-bond acceptors (Lipinski definition) is 2. The van der Waals surface area contributed by atoms with Crippen molar-refractivity contribution in [2.45, 2.75) is 20.4 Å². The molecule has 17 heavy (non-hydrogen) atoms. The van der Waals surface area contributed by atoms with Crippen molar-refractivity contribution < 1.29 is 0 Å². The van der Waals surface area contributed by atoms with Gasteiger partial charge in [0.15, 0.2) is 0 Å². The molecule has 0 saturated heterocycles. The first-order chi connectivity index (χ1) is 8.09. The van der Waals surface area contributed by atoms with Crippen molar-refractivity contribution in [2.75, 3.05) is 0 Å². The van der Waals surface area contributed by atoms with E-state index in [1.54, 1.807) is 10.9 Å². The number of nitrogens with zero attached hydrogens (tertiary/aromatic N) is 2. The van der Waals surface area contributed by atoms with Gasteiger partial charge in [-0.05, 0) is 40.9 Å². The molecule has 1 aromatic heterocycles. The van der Waals surface area contributed by atoms with E-state index in [-0.39, 0.29) is 5.56 Å². The molecule has 0 fully saturated rings. The van der Waals surface area contributed by atoms with Crippen LogP contribution in [-0.4, -0.2) is 9.55 Å². The lowest BCUT2D eigenvalue weighted by molar-refractivity contribution is 0.721. The summed E-state index contributed by atoms with van der Waals surface area (Å²) in [6.45, 7) is 4.40. The van der Waals surface area contributed by atoms with E-state index in [2.05, 4.69) is 20.9 Å². The third-order valence-electron chi connectivity index (χ3n) is 2.76. The van der Waals surface area contributed by atoms with Crippen LogP contribution < -0.4 is 5.56 Å². The zero-order chi connectivity index (χ0) is 12.4. The van der Waals surface area contributed by atoms with E-state index >= 15 is 0 Å². The third kappa shape index (κ3) is 2.47. The lowest BCUT2D eigenvalue weighted by atomic mass is 10.1. The van der Waals surface area contributed by atoms with Gasteiger partial charge in [0, 0.05) is 0 Å². The van der Waals surface area contributed by atoms with Crippen molar-refractivity contribution in [1.29, 1.82) is 0 Å². The van der Waals surface area contributed by atoms with E-state index in [4.69, 9.17) is 0 Å². The summed E-state index contributed by atoms with van der Waals surface area (Å²) in [7, 11) is 0. The van der Waals surface area contributed by atoms with Crippen molar-refractivity contribution in [3.05, 3.63) is 62.2 Å². The van der Waals surface area contributed by atoms with E-state index in [1.807, 2.05) is 38.1 Å². The van der Waals surface area contributed by atoms with Gasteiger partial charge in [-0.25, -0.2) is 4.98 Å². The average molecular weight is 293 g/mol. The van der Waals surface area contributed by atoms with Crippen LogP contribution in [-0.2, 0) is 6.54 Å². The third-order valence-corrected chi connectivity index (χ3v) is 3.67. The maximum atomic E-state index is 12.0. The highest BCUT2D eigenvalue weighted by atomic mass is 79.9. The first kappa shape index (κ1) is 12.0. The monoisotopic (exact) mass is 292 g/mol. The van der Waals surface area contributed by atoms with Gasteiger partial charge in [-0.3, -0.25) is 9.36 Å². The van der Waals surface area contributed by atoms with E-state index in [0.29, 0.717) is 11.0 Å². The molecule has 0 radical (unpaired) electrons. The van der Waals surface area contributed by atoms with Gasteiger partial charge in [-0.15, -0.1) is 0 Å². The number of halogens is 1. The molecule has 0 bridgehead atoms. The fourth-order valence-electron chi connectivity index (χ4n) is 1.63. The molecule has 0 aliphatic carbocycles. The number of aromatic nitrogens is 2. The molecule has 0 aliphatic heterocycles. The van der Waals surface area contributed by atoms with Crippen molar-refractivity contribution >= 4 is 15.9 Å². The van der Waals surface area contributed by atoms with Crippen molar-refractivity contribution in [1.82, 2.24) is 9.55 Å². The summed E-state index contributed by atoms with van der Waals surface area (Å²) in [5.41, 5.74) is 2.99. The molecular formula is C13H13BrN2O. The van der Waals surface area contributed by atoms with Crippen molar-refractivity contribution in [3.8, 4) is 0 Å². The summed E-state index contributed by atoms with van der Waals surface area (Å²) < 4.78 is 2.15. The minimum absolute atomic E-state index is 0.0410. The van der Waals surface area contributed by atoms with Gasteiger partial charge in [0.25, 0.3) is 5.56 Å². The molecule has 2 rings (SSSR count). The average Bonchev–Trinajstić information content (AvgIpc) is 2.32. The highest BCUT2D eigenvalue weighted by molar-refractivity contribution is 9.10. The molecular weight excluding hydrogens is 280 g/mol. The number of benzene rings is 1. The lowest BCUT2D eigenvalue weighted by Gasteiger charge is -2.09. The molecule has 0 atom stereocenters. The van der Waals surface area contributed by atoms with Crippen LogP contribution in [0.4, 0.5) is 0 Å². The summed E-state index contributed by atoms with van der Waals surface area (Å²) in [5.74, 6) is 0. The highest BCUT2D eigenvalue weighted by Crippen LogP contribution is 2.10. The summed E-state index contributed by atoms with van der Waals surface area (Å²) in [6.07, 6.45) is 1.59. The Morgan fingerprint density at radius 3 is 2.71 bits per heavy atom. The Morgan fingerprint density at radius 1 is 1.29 bits per heavy atom. The van der Waals surface area contributed by atoms with Gasteiger partial charge in [-0.1, -0.05) is 24.3 Å². The quantitative estimate of drug-likeness (QED) is 0.853. The Balaban J connectivity index is 2.41. The van der Waals surface area contributed by atoms with Crippen LogP contribution in [0.3, 0.4) is 0 Å².